The maximum Gasteiger partial charge on any atom is 0.269 e. The van der Waals surface area contributed by atoms with Gasteiger partial charge in [0.1, 0.15) is 5.69 Å². The Balaban J connectivity index is 1.74. The van der Waals surface area contributed by atoms with Crippen LogP contribution < -0.4 is 14.8 Å². The van der Waals surface area contributed by atoms with Gasteiger partial charge in [-0.25, -0.2) is 4.98 Å². The number of amides is 1. The fraction of sp³-hybridized carbons (Fsp3) is 0.333. The molecular formula is C15H17N3O3. The molecule has 1 atom stereocenters. The first-order chi connectivity index (χ1) is 10.2. The Morgan fingerprint density at radius 2 is 2.14 bits per heavy atom. The molecule has 2 N–H and O–H groups in total. The van der Waals surface area contributed by atoms with Crippen molar-refractivity contribution in [2.24, 2.45) is 0 Å². The van der Waals surface area contributed by atoms with E-state index < -0.39 is 0 Å². The second kappa shape index (κ2) is 5.87. The van der Waals surface area contributed by atoms with Gasteiger partial charge in [0.2, 0.25) is 0 Å². The standard InChI is InChI=1S/C15H17N3O3/c1-10(18-15(19)12-8-16-9-17-12)11-3-4-13-14(7-11)21-6-2-5-20-13/h3-4,7-10H,2,5-6H2,1H3,(H,16,17)(H,18,19)/t10-/m1/s1. The molecule has 3 rings (SSSR count). The zero-order chi connectivity index (χ0) is 14.7. The number of fused-ring (bicyclic) bond motifs is 1. The molecular weight excluding hydrogens is 270 g/mol. The first-order valence-corrected chi connectivity index (χ1v) is 6.93. The summed E-state index contributed by atoms with van der Waals surface area (Å²) in [6.07, 6.45) is 3.85. The monoisotopic (exact) mass is 287 g/mol. The van der Waals surface area contributed by atoms with Crippen molar-refractivity contribution < 1.29 is 14.3 Å². The molecule has 0 unspecified atom stereocenters. The van der Waals surface area contributed by atoms with Crippen molar-refractivity contribution in [1.29, 1.82) is 0 Å². The highest BCUT2D eigenvalue weighted by atomic mass is 16.5. The average Bonchev–Trinajstić information content (AvgIpc) is 2.92. The molecule has 1 amide bonds. The van der Waals surface area contributed by atoms with E-state index in [9.17, 15) is 4.79 Å². The number of carbonyl (C=O) groups excluding carboxylic acids is 1. The van der Waals surface area contributed by atoms with Crippen LogP contribution in [-0.2, 0) is 0 Å². The Kier molecular flexibility index (Phi) is 3.77. The Bertz CT molecular complexity index is 625. The highest BCUT2D eigenvalue weighted by Gasteiger charge is 2.16. The van der Waals surface area contributed by atoms with E-state index in [2.05, 4.69) is 15.3 Å². The minimum atomic E-state index is -0.188. The molecule has 0 bridgehead atoms. The minimum Gasteiger partial charge on any atom is -0.490 e. The van der Waals surface area contributed by atoms with Gasteiger partial charge in [0.25, 0.3) is 5.91 Å². The molecule has 1 aromatic heterocycles. The third-order valence-electron chi connectivity index (χ3n) is 3.36. The molecule has 0 aliphatic carbocycles. The lowest BCUT2D eigenvalue weighted by molar-refractivity contribution is 0.0935. The molecule has 6 nitrogen and oxygen atoms in total. The lowest BCUT2D eigenvalue weighted by Crippen LogP contribution is -2.26. The number of nitrogens with zero attached hydrogens (tertiary/aromatic N) is 1. The second-order valence-electron chi connectivity index (χ2n) is 4.92. The lowest BCUT2D eigenvalue weighted by Gasteiger charge is -2.16. The van der Waals surface area contributed by atoms with Gasteiger partial charge in [-0.3, -0.25) is 4.79 Å². The molecule has 21 heavy (non-hydrogen) atoms. The van der Waals surface area contributed by atoms with Gasteiger partial charge in [-0.1, -0.05) is 6.07 Å². The van der Waals surface area contributed by atoms with Gasteiger partial charge in [0.15, 0.2) is 11.5 Å². The number of aromatic nitrogens is 2. The van der Waals surface area contributed by atoms with Crippen LogP contribution in [0.1, 0.15) is 35.4 Å². The van der Waals surface area contributed by atoms with Gasteiger partial charge in [-0.05, 0) is 24.6 Å². The number of hydrogen-bond acceptors (Lipinski definition) is 4. The molecule has 2 heterocycles. The number of aromatic amines is 1. The normalized spacial score (nSPS) is 15.1. The number of benzene rings is 1. The smallest absolute Gasteiger partial charge is 0.269 e. The SMILES string of the molecule is C[C@@H](NC(=O)c1cnc[nH]1)c1ccc2c(c1)OCCCO2. The average molecular weight is 287 g/mol. The van der Waals surface area contributed by atoms with Crippen molar-refractivity contribution in [1.82, 2.24) is 15.3 Å². The molecule has 0 spiro atoms. The van der Waals surface area contributed by atoms with Crippen LogP contribution in [0.2, 0.25) is 0 Å². The number of carbonyl (C=O) groups is 1. The van der Waals surface area contributed by atoms with Crippen LogP contribution in [0.5, 0.6) is 11.5 Å². The molecule has 6 heteroatoms. The third kappa shape index (κ3) is 2.99. The van der Waals surface area contributed by atoms with Gasteiger partial charge in [0, 0.05) is 6.42 Å². The second-order valence-corrected chi connectivity index (χ2v) is 4.92. The van der Waals surface area contributed by atoms with Gasteiger partial charge < -0.3 is 19.8 Å². The van der Waals surface area contributed by atoms with Crippen molar-refractivity contribution in [3.05, 3.63) is 42.0 Å². The maximum atomic E-state index is 12.0. The van der Waals surface area contributed by atoms with E-state index in [1.54, 1.807) is 0 Å². The summed E-state index contributed by atoms with van der Waals surface area (Å²) < 4.78 is 11.3. The van der Waals surface area contributed by atoms with Crippen molar-refractivity contribution in [2.75, 3.05) is 13.2 Å². The van der Waals surface area contributed by atoms with E-state index in [4.69, 9.17) is 9.47 Å². The molecule has 1 aliphatic rings. The van der Waals surface area contributed by atoms with Gasteiger partial charge in [0.05, 0.1) is 31.8 Å². The number of rotatable bonds is 3. The first-order valence-electron chi connectivity index (χ1n) is 6.93. The Morgan fingerprint density at radius 3 is 2.90 bits per heavy atom. The van der Waals surface area contributed by atoms with Gasteiger partial charge in [-0.2, -0.15) is 0 Å². The summed E-state index contributed by atoms with van der Waals surface area (Å²) in [4.78, 5) is 18.6. The number of hydrogen-bond donors (Lipinski definition) is 2. The highest BCUT2D eigenvalue weighted by Crippen LogP contribution is 2.32. The van der Waals surface area contributed by atoms with Crippen molar-refractivity contribution in [3.63, 3.8) is 0 Å². The van der Waals surface area contributed by atoms with Crippen molar-refractivity contribution in [3.8, 4) is 11.5 Å². The van der Waals surface area contributed by atoms with E-state index in [-0.39, 0.29) is 11.9 Å². The molecule has 2 aromatic rings. The summed E-state index contributed by atoms with van der Waals surface area (Å²) in [5.41, 5.74) is 1.41. The first kappa shape index (κ1) is 13.5. The van der Waals surface area contributed by atoms with Crippen LogP contribution in [0.4, 0.5) is 0 Å². The molecule has 110 valence electrons. The van der Waals surface area contributed by atoms with Gasteiger partial charge in [-0.15, -0.1) is 0 Å². The van der Waals surface area contributed by atoms with E-state index in [0.717, 1.165) is 23.5 Å². The van der Waals surface area contributed by atoms with Crippen LogP contribution in [0.3, 0.4) is 0 Å². The van der Waals surface area contributed by atoms with Crippen LogP contribution in [0.25, 0.3) is 0 Å². The van der Waals surface area contributed by atoms with E-state index in [1.165, 1.54) is 12.5 Å². The molecule has 0 radical (unpaired) electrons. The summed E-state index contributed by atoms with van der Waals surface area (Å²) in [5, 5.41) is 2.91. The topological polar surface area (TPSA) is 76.2 Å². The van der Waals surface area contributed by atoms with Crippen molar-refractivity contribution >= 4 is 5.91 Å². The summed E-state index contributed by atoms with van der Waals surface area (Å²) in [7, 11) is 0. The molecule has 1 aliphatic heterocycles. The Labute approximate surface area is 122 Å². The zero-order valence-corrected chi connectivity index (χ0v) is 11.8. The molecule has 0 saturated heterocycles. The summed E-state index contributed by atoms with van der Waals surface area (Å²) >= 11 is 0. The largest absolute Gasteiger partial charge is 0.490 e. The predicted molar refractivity (Wildman–Crippen MR) is 76.5 cm³/mol. The molecule has 1 aromatic carbocycles. The van der Waals surface area contributed by atoms with Crippen LogP contribution >= 0.6 is 0 Å². The van der Waals surface area contributed by atoms with Crippen LogP contribution in [-0.4, -0.2) is 29.1 Å². The van der Waals surface area contributed by atoms with E-state index in [1.807, 2.05) is 25.1 Å². The lowest BCUT2D eigenvalue weighted by atomic mass is 10.1. The summed E-state index contributed by atoms with van der Waals surface area (Å²) in [6.45, 7) is 3.23. The third-order valence-corrected chi connectivity index (χ3v) is 3.36. The zero-order valence-electron chi connectivity index (χ0n) is 11.8. The maximum absolute atomic E-state index is 12.0. The van der Waals surface area contributed by atoms with Crippen LogP contribution in [0, 0.1) is 0 Å². The number of H-pyrrole nitrogens is 1. The molecule has 0 fully saturated rings. The Hall–Kier alpha value is -2.50. The number of imidazole rings is 1. The van der Waals surface area contributed by atoms with Crippen molar-refractivity contribution in [2.45, 2.75) is 19.4 Å². The number of ether oxygens (including phenoxy) is 2. The number of nitrogens with one attached hydrogen (secondary N) is 2. The summed E-state index contributed by atoms with van der Waals surface area (Å²) in [5.74, 6) is 1.29. The predicted octanol–water partition coefficient (Wildman–Crippen LogP) is 2.06. The van der Waals surface area contributed by atoms with E-state index in [0.29, 0.717) is 18.9 Å². The Morgan fingerprint density at radius 1 is 1.33 bits per heavy atom. The van der Waals surface area contributed by atoms with Crippen LogP contribution in [0.15, 0.2) is 30.7 Å². The van der Waals surface area contributed by atoms with E-state index >= 15 is 0 Å². The quantitative estimate of drug-likeness (QED) is 0.906. The molecule has 0 saturated carbocycles. The minimum absolute atomic E-state index is 0.141. The highest BCUT2D eigenvalue weighted by molar-refractivity contribution is 5.92. The fourth-order valence-corrected chi connectivity index (χ4v) is 2.19. The van der Waals surface area contributed by atoms with Gasteiger partial charge >= 0.3 is 0 Å². The fourth-order valence-electron chi connectivity index (χ4n) is 2.19. The summed E-state index contributed by atoms with van der Waals surface area (Å²) in [6, 6.07) is 5.59.